The minimum Gasteiger partial charge on any atom is -0.238 e. The van der Waals surface area contributed by atoms with E-state index < -0.39 is 0 Å². The maximum absolute atomic E-state index is 9.30. The molecule has 0 fully saturated rings. The molecule has 0 heterocycles. The zero-order valence-corrected chi connectivity index (χ0v) is 19.3. The first-order valence-electron chi connectivity index (χ1n) is 11.9. The topological polar surface area (TPSA) is 28.1 Å². The number of nitrogens with zero attached hydrogens (tertiary/aromatic N) is 2. The lowest BCUT2D eigenvalue weighted by molar-refractivity contribution is 1.45. The van der Waals surface area contributed by atoms with Gasteiger partial charge in [0, 0.05) is 0 Å². The largest absolute Gasteiger partial charge is 0.238 e. The molecule has 5 aromatic rings. The van der Waals surface area contributed by atoms with Crippen molar-refractivity contribution in [2.75, 3.05) is 0 Å². The molecule has 0 amide bonds. The number of nitriles is 1. The molecular formula is C34H18N2. The van der Waals surface area contributed by atoms with Crippen LogP contribution in [0.15, 0.2) is 109 Å². The van der Waals surface area contributed by atoms with Crippen molar-refractivity contribution < 1.29 is 0 Å². The Hall–Kier alpha value is -5.18. The molecule has 2 heteroatoms. The summed E-state index contributed by atoms with van der Waals surface area (Å²) in [5, 5.41) is 14.2. The maximum atomic E-state index is 9.30. The Bertz CT molecular complexity index is 2030. The number of rotatable bonds is 2. The Balaban J connectivity index is 1.59. The van der Waals surface area contributed by atoms with Gasteiger partial charge in [-0.25, -0.2) is 4.85 Å². The zero-order valence-electron chi connectivity index (χ0n) is 19.3. The van der Waals surface area contributed by atoms with E-state index in [4.69, 9.17) is 6.57 Å². The molecule has 0 radical (unpaired) electrons. The van der Waals surface area contributed by atoms with Crippen molar-refractivity contribution in [3.63, 3.8) is 0 Å². The molecule has 0 unspecified atom stereocenters. The summed E-state index contributed by atoms with van der Waals surface area (Å²) in [6.07, 6.45) is 0. The van der Waals surface area contributed by atoms with E-state index in [2.05, 4.69) is 95.8 Å². The third-order valence-corrected chi connectivity index (χ3v) is 7.26. The molecule has 2 aliphatic carbocycles. The van der Waals surface area contributed by atoms with Gasteiger partial charge in [-0.3, -0.25) is 0 Å². The van der Waals surface area contributed by atoms with Crippen LogP contribution in [0.4, 0.5) is 5.69 Å². The maximum Gasteiger partial charge on any atom is 0.187 e. The molecule has 0 saturated carbocycles. The molecule has 36 heavy (non-hydrogen) atoms. The lowest BCUT2D eigenvalue weighted by Gasteiger charge is -2.09. The average Bonchev–Trinajstić information content (AvgIpc) is 3.44. The highest BCUT2D eigenvalue weighted by Gasteiger charge is 2.24. The van der Waals surface area contributed by atoms with Crippen LogP contribution in [0, 0.1) is 28.3 Å². The van der Waals surface area contributed by atoms with E-state index in [0.29, 0.717) is 11.3 Å². The van der Waals surface area contributed by atoms with E-state index >= 15 is 0 Å². The molecule has 5 aromatic carbocycles. The van der Waals surface area contributed by atoms with Crippen LogP contribution >= 0.6 is 0 Å². The smallest absolute Gasteiger partial charge is 0.187 e. The first-order valence-corrected chi connectivity index (χ1v) is 11.9. The average molecular weight is 455 g/mol. The van der Waals surface area contributed by atoms with Crippen LogP contribution in [0.5, 0.6) is 0 Å². The highest BCUT2D eigenvalue weighted by Crippen LogP contribution is 2.38. The SMILES string of the molecule is [C-]#[N+]c1ccc(C2=c3cc4c(cc3-c3ccccc32)=c2ccccc2=C4c2ccc(C#N)cc2)cc1. The number of fused-ring (bicyclic) bond motifs is 5. The first kappa shape index (κ1) is 20.2. The fraction of sp³-hybridized carbons (Fsp3) is 0. The first-order chi connectivity index (χ1) is 17.8. The zero-order chi connectivity index (χ0) is 24.2. The van der Waals surface area contributed by atoms with E-state index in [1.165, 1.54) is 54.3 Å². The van der Waals surface area contributed by atoms with E-state index in [9.17, 15) is 5.26 Å². The third kappa shape index (κ3) is 2.83. The van der Waals surface area contributed by atoms with Crippen molar-refractivity contribution in [2.45, 2.75) is 0 Å². The van der Waals surface area contributed by atoms with E-state index in [-0.39, 0.29) is 0 Å². The lowest BCUT2D eigenvalue weighted by Crippen LogP contribution is -2.09. The third-order valence-electron chi connectivity index (χ3n) is 7.26. The van der Waals surface area contributed by atoms with Gasteiger partial charge in [0.1, 0.15) is 0 Å². The van der Waals surface area contributed by atoms with Crippen LogP contribution in [0.3, 0.4) is 0 Å². The van der Waals surface area contributed by atoms with Crippen LogP contribution in [0.2, 0.25) is 0 Å². The summed E-state index contributed by atoms with van der Waals surface area (Å²) in [5.74, 6) is 0. The van der Waals surface area contributed by atoms with Crippen molar-refractivity contribution in [3.05, 3.63) is 169 Å². The molecule has 0 aliphatic heterocycles. The fourth-order valence-corrected chi connectivity index (χ4v) is 5.66. The molecule has 0 N–H and O–H groups in total. The summed E-state index contributed by atoms with van der Waals surface area (Å²) >= 11 is 0. The summed E-state index contributed by atoms with van der Waals surface area (Å²) in [6, 6.07) is 39.9. The quantitative estimate of drug-likeness (QED) is 0.287. The molecule has 7 rings (SSSR count). The predicted molar refractivity (Wildman–Crippen MR) is 142 cm³/mol. The van der Waals surface area contributed by atoms with Crippen molar-refractivity contribution in [1.29, 1.82) is 5.26 Å². The fourth-order valence-electron chi connectivity index (χ4n) is 5.66. The molecule has 164 valence electrons. The molecular weight excluding hydrogens is 436 g/mol. The normalized spacial score (nSPS) is 12.3. The second kappa shape index (κ2) is 7.67. The summed E-state index contributed by atoms with van der Waals surface area (Å²) in [6.45, 7) is 7.33. The van der Waals surface area contributed by atoms with Crippen LogP contribution < -0.4 is 10.4 Å². The van der Waals surface area contributed by atoms with Gasteiger partial charge in [0.25, 0.3) is 0 Å². The number of hydrogen-bond donors (Lipinski definition) is 0. The second-order valence-corrected chi connectivity index (χ2v) is 9.13. The Morgan fingerprint density at radius 3 is 1.81 bits per heavy atom. The van der Waals surface area contributed by atoms with Crippen molar-refractivity contribution in [3.8, 4) is 17.2 Å². The Morgan fingerprint density at radius 1 is 0.528 bits per heavy atom. The van der Waals surface area contributed by atoms with E-state index in [1.54, 1.807) is 0 Å². The van der Waals surface area contributed by atoms with E-state index in [0.717, 1.165) is 11.1 Å². The highest BCUT2D eigenvalue weighted by molar-refractivity contribution is 5.97. The van der Waals surface area contributed by atoms with Gasteiger partial charge in [0.2, 0.25) is 0 Å². The van der Waals surface area contributed by atoms with Crippen LogP contribution in [0.25, 0.3) is 27.1 Å². The van der Waals surface area contributed by atoms with Crippen molar-refractivity contribution in [1.82, 2.24) is 0 Å². The van der Waals surface area contributed by atoms with Crippen LogP contribution in [-0.4, -0.2) is 0 Å². The van der Waals surface area contributed by atoms with Gasteiger partial charge in [-0.05, 0) is 89.7 Å². The lowest BCUT2D eigenvalue weighted by atomic mass is 9.94. The second-order valence-electron chi connectivity index (χ2n) is 9.13. The highest BCUT2D eigenvalue weighted by atomic mass is 14.6. The van der Waals surface area contributed by atoms with Gasteiger partial charge < -0.3 is 0 Å². The number of benzene rings is 5. The number of hydrogen-bond acceptors (Lipinski definition) is 1. The van der Waals surface area contributed by atoms with E-state index in [1.807, 2.05) is 24.3 Å². The van der Waals surface area contributed by atoms with Crippen molar-refractivity contribution in [2.24, 2.45) is 0 Å². The Labute approximate surface area is 208 Å². The monoisotopic (exact) mass is 454 g/mol. The Kier molecular flexibility index (Phi) is 4.31. The molecule has 0 aromatic heterocycles. The molecule has 0 spiro atoms. The van der Waals surface area contributed by atoms with Gasteiger partial charge in [0.15, 0.2) is 5.69 Å². The molecule has 0 saturated heterocycles. The van der Waals surface area contributed by atoms with Crippen LogP contribution in [0.1, 0.15) is 27.8 Å². The Morgan fingerprint density at radius 2 is 1.11 bits per heavy atom. The summed E-state index contributed by atoms with van der Waals surface area (Å²) in [4.78, 5) is 3.57. The summed E-state index contributed by atoms with van der Waals surface area (Å²) in [7, 11) is 0. The minimum atomic E-state index is 0.645. The van der Waals surface area contributed by atoms with Gasteiger partial charge in [0.05, 0.1) is 18.2 Å². The summed E-state index contributed by atoms with van der Waals surface area (Å²) < 4.78 is 0. The minimum absolute atomic E-state index is 0.645. The molecule has 2 aliphatic rings. The molecule has 0 atom stereocenters. The van der Waals surface area contributed by atoms with Gasteiger partial charge in [-0.15, -0.1) is 0 Å². The van der Waals surface area contributed by atoms with Crippen LogP contribution in [-0.2, 0) is 0 Å². The standard InChI is InChI=1S/C34H18N2/c1-36-24-16-14-23(15-17-24)34-28-9-5-3-7-26(28)30-18-29-25-6-2-4-8-27(25)33(31(29)19-32(30)34)22-12-10-21(20-35)11-13-22/h2-19H. The predicted octanol–water partition coefficient (Wildman–Crippen LogP) is 6.18. The summed E-state index contributed by atoms with van der Waals surface area (Å²) in [5.41, 5.74) is 10.8. The van der Waals surface area contributed by atoms with Gasteiger partial charge in [-0.2, -0.15) is 5.26 Å². The van der Waals surface area contributed by atoms with Crippen molar-refractivity contribution >= 4 is 16.8 Å². The molecule has 2 nitrogen and oxygen atoms in total. The van der Waals surface area contributed by atoms with Gasteiger partial charge in [-0.1, -0.05) is 84.9 Å². The molecule has 0 bridgehead atoms. The van der Waals surface area contributed by atoms with Gasteiger partial charge >= 0.3 is 0 Å².